The summed E-state index contributed by atoms with van der Waals surface area (Å²) in [6.07, 6.45) is 41.5. The highest BCUT2D eigenvalue weighted by Gasteiger charge is 2.27. The summed E-state index contributed by atoms with van der Waals surface area (Å²) in [7, 11) is -4.61. The molecule has 0 saturated carbocycles. The summed E-state index contributed by atoms with van der Waals surface area (Å²) < 4.78 is 33.4. The second kappa shape index (κ2) is 41.1. The maximum atomic E-state index is 12.6. The zero-order valence-electron chi connectivity index (χ0n) is 35.8. The first-order valence-electron chi connectivity index (χ1n) is 23.1. The monoisotopic (exact) mass is 806 g/mol. The van der Waals surface area contributed by atoms with Gasteiger partial charge < -0.3 is 25.2 Å². The Bertz CT molecular complexity index is 893. The van der Waals surface area contributed by atoms with Crippen LogP contribution in [0.1, 0.15) is 232 Å². The molecule has 0 rings (SSSR count). The van der Waals surface area contributed by atoms with Crippen molar-refractivity contribution in [3.05, 3.63) is 0 Å². The number of nitrogens with two attached hydrogens (primary N) is 1. The molecule has 328 valence electrons. The maximum absolute atomic E-state index is 12.6. The molecule has 55 heavy (non-hydrogen) atoms. The minimum Gasteiger partial charge on any atom is -0.480 e. The van der Waals surface area contributed by atoms with Crippen molar-refractivity contribution in [3.8, 4) is 0 Å². The highest BCUT2D eigenvalue weighted by molar-refractivity contribution is 7.47. The summed E-state index contributed by atoms with van der Waals surface area (Å²) in [5.41, 5.74) is 5.36. The third kappa shape index (κ3) is 40.9. The Morgan fingerprint density at radius 1 is 0.509 bits per heavy atom. The van der Waals surface area contributed by atoms with E-state index in [4.69, 9.17) is 29.4 Å². The van der Waals surface area contributed by atoms with E-state index in [1.54, 1.807) is 0 Å². The largest absolute Gasteiger partial charge is 0.480 e. The van der Waals surface area contributed by atoms with E-state index >= 15 is 0 Å². The molecule has 0 aliphatic rings. The molecular weight excluding hydrogens is 717 g/mol. The van der Waals surface area contributed by atoms with Crippen molar-refractivity contribution in [2.75, 3.05) is 26.4 Å². The molecule has 0 aromatic carbocycles. The van der Waals surface area contributed by atoms with Crippen LogP contribution in [-0.2, 0) is 32.7 Å². The number of ether oxygens (including phenoxy) is 2. The van der Waals surface area contributed by atoms with E-state index in [-0.39, 0.29) is 13.0 Å². The van der Waals surface area contributed by atoms with Crippen LogP contribution >= 0.6 is 7.82 Å². The van der Waals surface area contributed by atoms with Crippen molar-refractivity contribution >= 4 is 19.8 Å². The second-order valence-electron chi connectivity index (χ2n) is 15.9. The summed E-state index contributed by atoms with van der Waals surface area (Å²) in [5, 5.41) is 8.90. The molecule has 3 unspecified atom stereocenters. The third-order valence-electron chi connectivity index (χ3n) is 10.4. The van der Waals surface area contributed by atoms with Gasteiger partial charge in [0.1, 0.15) is 12.1 Å². The molecule has 0 spiro atoms. The number of carboxylic acids is 1. The Hall–Kier alpha value is -1.03. The molecule has 0 aliphatic heterocycles. The number of carbonyl (C=O) groups excluding carboxylic acids is 1. The SMILES string of the molecule is CCCCCCCCCCCCCCCCCCCC(=O)OC(COCCCCCCCCCCCCCCCCCC)COP(=O)(O)OCC(N)C(=O)O. The molecule has 0 bridgehead atoms. The van der Waals surface area contributed by atoms with Crippen LogP contribution in [0.15, 0.2) is 0 Å². The van der Waals surface area contributed by atoms with Crippen LogP contribution in [-0.4, -0.2) is 60.5 Å². The van der Waals surface area contributed by atoms with Crippen molar-refractivity contribution in [2.24, 2.45) is 5.73 Å². The Labute approximate surface area is 338 Å². The second-order valence-corrected chi connectivity index (χ2v) is 17.4. The number of aliphatic carboxylic acids is 1. The smallest absolute Gasteiger partial charge is 0.472 e. The number of carbonyl (C=O) groups is 2. The molecule has 0 aliphatic carbocycles. The Morgan fingerprint density at radius 2 is 0.836 bits per heavy atom. The number of phosphoric ester groups is 1. The number of phosphoric acid groups is 1. The van der Waals surface area contributed by atoms with Gasteiger partial charge in [-0.1, -0.05) is 213 Å². The summed E-state index contributed by atoms with van der Waals surface area (Å²) in [6.45, 7) is 3.94. The quantitative estimate of drug-likeness (QED) is 0.0308. The van der Waals surface area contributed by atoms with E-state index in [0.717, 1.165) is 38.5 Å². The highest BCUT2D eigenvalue weighted by atomic mass is 31.2. The van der Waals surface area contributed by atoms with Gasteiger partial charge in [-0.2, -0.15) is 0 Å². The Balaban J connectivity index is 4.15. The van der Waals surface area contributed by atoms with Crippen molar-refractivity contribution in [1.82, 2.24) is 0 Å². The van der Waals surface area contributed by atoms with Gasteiger partial charge in [-0.25, -0.2) is 4.57 Å². The fourth-order valence-corrected chi connectivity index (χ4v) is 7.56. The standard InChI is InChI=1S/C44H88NO9P/c1-3-5-7-9-11-13-15-17-19-21-22-24-26-28-30-32-34-36-43(46)54-41(39-52-55(49,50)53-40-42(45)44(47)48)38-51-37-35-33-31-29-27-25-23-20-18-16-14-12-10-8-6-4-2/h41-42H,3-40,45H2,1-2H3,(H,47,48)(H,49,50). The number of rotatable bonds is 45. The van der Waals surface area contributed by atoms with E-state index in [9.17, 15) is 19.0 Å². The molecule has 0 radical (unpaired) electrons. The minimum atomic E-state index is -4.61. The molecule has 0 saturated heterocycles. The normalized spacial score (nSPS) is 13.8. The van der Waals surface area contributed by atoms with E-state index in [2.05, 4.69) is 13.8 Å². The van der Waals surface area contributed by atoms with Gasteiger partial charge in [0.15, 0.2) is 0 Å². The lowest BCUT2D eigenvalue weighted by Crippen LogP contribution is -2.34. The number of hydrogen-bond donors (Lipinski definition) is 3. The molecule has 0 aromatic rings. The number of hydrogen-bond acceptors (Lipinski definition) is 8. The number of esters is 1. The highest BCUT2D eigenvalue weighted by Crippen LogP contribution is 2.43. The molecular formula is C44H88NO9P. The summed E-state index contributed by atoms with van der Waals surface area (Å²) in [6, 6.07) is -1.47. The zero-order valence-corrected chi connectivity index (χ0v) is 36.7. The van der Waals surface area contributed by atoms with E-state index < -0.39 is 45.1 Å². The average molecular weight is 806 g/mol. The first-order valence-corrected chi connectivity index (χ1v) is 24.6. The first-order chi connectivity index (χ1) is 26.7. The Morgan fingerprint density at radius 3 is 1.20 bits per heavy atom. The van der Waals surface area contributed by atoms with Crippen molar-refractivity contribution < 1.29 is 42.7 Å². The van der Waals surface area contributed by atoms with Gasteiger partial charge in [-0.3, -0.25) is 18.6 Å². The van der Waals surface area contributed by atoms with Crippen molar-refractivity contribution in [1.29, 1.82) is 0 Å². The first kappa shape index (κ1) is 54.0. The predicted octanol–water partition coefficient (Wildman–Crippen LogP) is 12.8. The van der Waals surface area contributed by atoms with E-state index in [1.165, 1.54) is 173 Å². The molecule has 0 aromatic heterocycles. The van der Waals surface area contributed by atoms with E-state index in [0.29, 0.717) is 6.61 Å². The van der Waals surface area contributed by atoms with Gasteiger partial charge in [-0.15, -0.1) is 0 Å². The molecule has 10 nitrogen and oxygen atoms in total. The van der Waals surface area contributed by atoms with Crippen LogP contribution in [0.4, 0.5) is 0 Å². The van der Waals surface area contributed by atoms with Gasteiger partial charge >= 0.3 is 19.8 Å². The molecule has 0 fully saturated rings. The van der Waals surface area contributed by atoms with Crippen molar-refractivity contribution in [3.63, 3.8) is 0 Å². The summed E-state index contributed by atoms with van der Waals surface area (Å²) >= 11 is 0. The lowest BCUT2D eigenvalue weighted by Gasteiger charge is -2.20. The topological polar surface area (TPSA) is 155 Å². The molecule has 4 N–H and O–H groups in total. The fourth-order valence-electron chi connectivity index (χ4n) is 6.78. The van der Waals surface area contributed by atoms with Crippen LogP contribution in [0.2, 0.25) is 0 Å². The van der Waals surface area contributed by atoms with Gasteiger partial charge in [0.2, 0.25) is 0 Å². The van der Waals surface area contributed by atoms with Crippen LogP contribution in [0, 0.1) is 0 Å². The van der Waals surface area contributed by atoms with Crippen LogP contribution in [0.25, 0.3) is 0 Å². The van der Waals surface area contributed by atoms with Crippen LogP contribution in [0.3, 0.4) is 0 Å². The summed E-state index contributed by atoms with van der Waals surface area (Å²) in [5.74, 6) is -1.76. The lowest BCUT2D eigenvalue weighted by atomic mass is 10.0. The Kier molecular flexibility index (Phi) is 40.4. The molecule has 0 heterocycles. The van der Waals surface area contributed by atoms with Gasteiger partial charge in [0, 0.05) is 13.0 Å². The summed E-state index contributed by atoms with van der Waals surface area (Å²) in [4.78, 5) is 33.6. The van der Waals surface area contributed by atoms with Gasteiger partial charge in [0.25, 0.3) is 0 Å². The fraction of sp³-hybridized carbons (Fsp3) is 0.955. The van der Waals surface area contributed by atoms with Crippen molar-refractivity contribution in [2.45, 2.75) is 244 Å². The molecule has 11 heteroatoms. The maximum Gasteiger partial charge on any atom is 0.472 e. The third-order valence-corrected chi connectivity index (χ3v) is 11.3. The molecule has 3 atom stereocenters. The predicted molar refractivity (Wildman–Crippen MR) is 226 cm³/mol. The lowest BCUT2D eigenvalue weighted by molar-refractivity contribution is -0.154. The number of unbranched alkanes of at least 4 members (excludes halogenated alkanes) is 31. The average Bonchev–Trinajstić information content (AvgIpc) is 3.16. The van der Waals surface area contributed by atoms with Gasteiger partial charge in [-0.05, 0) is 12.8 Å². The minimum absolute atomic E-state index is 0.0260. The van der Waals surface area contributed by atoms with Crippen LogP contribution in [0.5, 0.6) is 0 Å². The van der Waals surface area contributed by atoms with E-state index in [1.807, 2.05) is 0 Å². The van der Waals surface area contributed by atoms with Crippen LogP contribution < -0.4 is 5.73 Å². The number of carboxylic acid groups (broad SMARTS) is 1. The zero-order chi connectivity index (χ0) is 40.5. The van der Waals surface area contributed by atoms with Gasteiger partial charge in [0.05, 0.1) is 19.8 Å². The molecule has 0 amide bonds.